The van der Waals surface area contributed by atoms with E-state index in [9.17, 15) is 4.79 Å². The minimum Gasteiger partial charge on any atom is -0.300 e. The summed E-state index contributed by atoms with van der Waals surface area (Å²) >= 11 is 0. The highest BCUT2D eigenvalue weighted by Gasteiger charge is 1.62. The predicted octanol–water partition coefficient (Wildman–Crippen LogP) is 0.595. The Morgan fingerprint density at radius 2 is 3.00 bits per heavy atom. The van der Waals surface area contributed by atoms with Gasteiger partial charge in [-0.25, -0.2) is 0 Å². The Bertz CT molecular complexity index is 114. The van der Waals surface area contributed by atoms with Crippen molar-refractivity contribution < 1.29 is 11.6 Å². The summed E-state index contributed by atoms with van der Waals surface area (Å²) in [6.45, 7) is -4.67. The first kappa shape index (κ1) is 0.445. The van der Waals surface area contributed by atoms with E-state index in [0.717, 1.165) is 0 Å². The first-order chi connectivity index (χ1) is 3.85. The lowest BCUT2D eigenvalue weighted by molar-refractivity contribution is -0.114. The van der Waals surface area contributed by atoms with E-state index in [1.807, 2.05) is 0 Å². The molecule has 0 fully saturated rings. The van der Waals surface area contributed by atoms with Crippen molar-refractivity contribution in [3.05, 3.63) is 0 Å². The molecule has 0 aliphatic heterocycles. The Morgan fingerprint density at radius 1 is 2.25 bits per heavy atom. The summed E-state index contributed by atoms with van der Waals surface area (Å²) in [7, 11) is 0. The zero-order chi connectivity index (χ0) is 7.65. The lowest BCUT2D eigenvalue weighted by Gasteiger charge is -1.56. The maximum atomic E-state index is 10.2. The molecule has 0 amide bonds. The standard InChI is InChI=1S/C3H6O/c1-3(2)4/h1-2H3/i1D2,2D3,4+2. The van der Waals surface area contributed by atoms with Crippen LogP contribution in [-0.2, 0) is 4.79 Å². The van der Waals surface area contributed by atoms with Crippen molar-refractivity contribution in [3.63, 3.8) is 0 Å². The summed E-state index contributed by atoms with van der Waals surface area (Å²) in [5.74, 6) is -1.33. The van der Waals surface area contributed by atoms with E-state index >= 15 is 0 Å². The smallest absolute Gasteiger partial charge is 0.126 e. The van der Waals surface area contributed by atoms with Crippen LogP contribution in [0, 0.1) is 0 Å². The maximum Gasteiger partial charge on any atom is 0.126 e. The van der Waals surface area contributed by atoms with E-state index in [1.165, 1.54) is 0 Å². The first-order valence-corrected chi connectivity index (χ1v) is 0.743. The highest BCUT2D eigenvalue weighted by molar-refractivity contribution is 5.72. The number of rotatable bonds is 0. The number of Topliss-reactive ketones (excluding diaryl/α,β-unsaturated/α-hetero) is 1. The molecule has 0 aromatic carbocycles. The van der Waals surface area contributed by atoms with Gasteiger partial charge in [-0.3, -0.25) is 0 Å². The quantitative estimate of drug-likeness (QED) is 0.377. The SMILES string of the molecule is [2H]C([2H])C(=[18O])C([2H])([2H])[2H]. The van der Waals surface area contributed by atoms with Gasteiger partial charge >= 0.3 is 0 Å². The van der Waals surface area contributed by atoms with Crippen LogP contribution >= 0.6 is 0 Å². The number of carbonyl (C=O) groups is 1. The molecule has 0 saturated carbocycles. The molecule has 1 heteroatoms. The van der Waals surface area contributed by atoms with Crippen molar-refractivity contribution in [2.45, 2.75) is 13.7 Å². The lowest BCUT2D eigenvalue weighted by Crippen LogP contribution is -1.69. The molecular weight excluding hydrogens is 54.0 g/mol. The summed E-state index contributed by atoms with van der Waals surface area (Å²) in [6, 6.07) is 0. The van der Waals surface area contributed by atoms with E-state index < -0.39 is 19.5 Å². The summed E-state index contributed by atoms with van der Waals surface area (Å²) in [4.78, 5) is 10.2. The van der Waals surface area contributed by atoms with Crippen LogP contribution in [0.15, 0.2) is 0 Å². The van der Waals surface area contributed by atoms with E-state index in [2.05, 4.69) is 0 Å². The number of hydrogen-bond acceptors (Lipinski definition) is 1. The van der Waals surface area contributed by atoms with Crippen molar-refractivity contribution in [3.8, 4) is 0 Å². The van der Waals surface area contributed by atoms with Gasteiger partial charge in [0.2, 0.25) is 0 Å². The molecule has 0 saturated heterocycles. The van der Waals surface area contributed by atoms with Gasteiger partial charge < -0.3 is 4.79 Å². The van der Waals surface area contributed by atoms with Crippen LogP contribution in [0.3, 0.4) is 0 Å². The highest BCUT2D eigenvalue weighted by atomic mass is 18.1. The Kier molecular flexibility index (Phi) is 0.116. The third-order valence-electron chi connectivity index (χ3n) is 0. The van der Waals surface area contributed by atoms with Gasteiger partial charge in [0, 0.05) is 6.85 Å². The zero-order valence-corrected chi connectivity index (χ0v) is 1.99. The molecule has 0 rings (SSSR count). The first-order valence-electron chi connectivity index (χ1n) is 3.40. The third-order valence-corrected chi connectivity index (χ3v) is 0. The number of hydrogen-bond donors (Lipinski definition) is 0. The zero-order valence-electron chi connectivity index (χ0n) is 6.99. The molecule has 4 heavy (non-hydrogen) atoms. The molecule has 1 nitrogen and oxygen atoms in total. The largest absolute Gasteiger partial charge is 0.300 e. The van der Waals surface area contributed by atoms with Gasteiger partial charge in [0.05, 0.1) is 0 Å². The minimum atomic E-state index is -2.78. The molecule has 0 aromatic heterocycles. The third kappa shape index (κ3) is 6.88. The van der Waals surface area contributed by atoms with Gasteiger partial charge in [-0.1, -0.05) is 0 Å². The summed E-state index contributed by atoms with van der Waals surface area (Å²) in [5, 5.41) is 0. The average molecular weight is 65.1 g/mol. The average Bonchev–Trinajstić information content (AvgIpc) is 1.62. The Balaban J connectivity index is 4.06. The molecular formula is C3H6O. The van der Waals surface area contributed by atoms with E-state index in [-0.39, 0.29) is 0 Å². The molecule has 0 N–H and O–H groups in total. The lowest BCUT2D eigenvalue weighted by atomic mass is 10.6. The van der Waals surface area contributed by atoms with Gasteiger partial charge in [0.1, 0.15) is 5.78 Å². The van der Waals surface area contributed by atoms with Crippen molar-refractivity contribution >= 4 is 5.78 Å². The second-order valence-corrected chi connectivity index (χ2v) is 0.364. The summed E-state index contributed by atoms with van der Waals surface area (Å²) < 4.78 is 32.0. The van der Waals surface area contributed by atoms with Crippen molar-refractivity contribution in [1.29, 1.82) is 0 Å². The van der Waals surface area contributed by atoms with E-state index in [0.29, 0.717) is 0 Å². The fourth-order valence-corrected chi connectivity index (χ4v) is 0. The molecule has 0 bridgehead atoms. The molecule has 24 valence electrons. The second kappa shape index (κ2) is 1.04. The molecule has 0 atom stereocenters. The molecule has 0 aliphatic rings. The van der Waals surface area contributed by atoms with Gasteiger partial charge in [0.15, 0.2) is 0 Å². The summed E-state index contributed by atoms with van der Waals surface area (Å²) in [6.07, 6.45) is 0. The summed E-state index contributed by atoms with van der Waals surface area (Å²) in [5.41, 5.74) is 0. The monoisotopic (exact) mass is 65.1 g/mol. The Morgan fingerprint density at radius 3 is 3.00 bits per heavy atom. The van der Waals surface area contributed by atoms with Gasteiger partial charge in [-0.15, -0.1) is 0 Å². The van der Waals surface area contributed by atoms with Crippen molar-refractivity contribution in [2.75, 3.05) is 0 Å². The van der Waals surface area contributed by atoms with Gasteiger partial charge in [-0.2, -0.15) is 0 Å². The number of ketones is 1. The molecule has 0 aromatic rings. The van der Waals surface area contributed by atoms with Crippen LogP contribution in [0.1, 0.15) is 20.6 Å². The molecule has 0 radical (unpaired) electrons. The Labute approximate surface area is 32.7 Å². The predicted molar refractivity (Wildman–Crippen MR) is 16.4 cm³/mol. The van der Waals surface area contributed by atoms with Crippen LogP contribution in [-0.4, -0.2) is 5.78 Å². The molecule has 0 heterocycles. The van der Waals surface area contributed by atoms with E-state index in [4.69, 9.17) is 6.85 Å². The van der Waals surface area contributed by atoms with Gasteiger partial charge in [0.25, 0.3) is 0 Å². The van der Waals surface area contributed by atoms with Crippen LogP contribution < -0.4 is 0 Å². The maximum absolute atomic E-state index is 10.2. The second-order valence-electron chi connectivity index (χ2n) is 0.364. The number of carbonyl (C=O) groups excluding carboxylic acids is 1. The topological polar surface area (TPSA) is 17.1 Å². The van der Waals surface area contributed by atoms with Crippen LogP contribution in [0.5, 0.6) is 0 Å². The van der Waals surface area contributed by atoms with Gasteiger partial charge in [-0.05, 0) is 13.7 Å². The van der Waals surface area contributed by atoms with Crippen molar-refractivity contribution in [2.24, 2.45) is 0 Å². The van der Waals surface area contributed by atoms with E-state index in [1.54, 1.807) is 0 Å². The van der Waals surface area contributed by atoms with Crippen LogP contribution in [0.2, 0.25) is 0 Å². The van der Waals surface area contributed by atoms with Crippen molar-refractivity contribution in [1.82, 2.24) is 0 Å². The van der Waals surface area contributed by atoms with Crippen LogP contribution in [0.25, 0.3) is 0 Å². The Hall–Kier alpha value is -0.330. The highest BCUT2D eigenvalue weighted by Crippen LogP contribution is 1.50. The minimum absolute atomic E-state index is 1.33. The fraction of sp³-hybridized carbons (Fsp3) is 0.667. The normalized spacial score (nSPS) is 28.8. The molecule has 0 spiro atoms. The fourth-order valence-electron chi connectivity index (χ4n) is 0. The molecule has 0 unspecified atom stereocenters. The molecule has 0 aliphatic carbocycles. The van der Waals surface area contributed by atoms with Crippen LogP contribution in [0.4, 0.5) is 0 Å².